The molecule has 0 bridgehead atoms. The zero-order valence-corrected chi connectivity index (χ0v) is 13.2. The van der Waals surface area contributed by atoms with E-state index < -0.39 is 0 Å². The Bertz CT molecular complexity index is 648. The third-order valence-corrected chi connectivity index (χ3v) is 3.20. The third kappa shape index (κ3) is 4.26. The summed E-state index contributed by atoms with van der Waals surface area (Å²) in [5.41, 5.74) is 0.507. The lowest BCUT2D eigenvalue weighted by atomic mass is 10.2. The molecule has 0 aliphatic rings. The average Bonchev–Trinajstić information content (AvgIpc) is 2.41. The lowest BCUT2D eigenvalue weighted by Gasteiger charge is -2.09. The van der Waals surface area contributed by atoms with Crippen LogP contribution in [0.3, 0.4) is 0 Å². The normalized spacial score (nSPS) is 9.90. The van der Waals surface area contributed by atoms with Crippen molar-refractivity contribution in [2.75, 3.05) is 5.32 Å². The maximum atomic E-state index is 12.0. The minimum atomic E-state index is -0.294. The van der Waals surface area contributed by atoms with Crippen molar-refractivity contribution in [2.24, 2.45) is 0 Å². The van der Waals surface area contributed by atoms with E-state index in [0.717, 1.165) is 4.47 Å². The van der Waals surface area contributed by atoms with Crippen molar-refractivity contribution in [3.63, 3.8) is 0 Å². The fourth-order valence-electron chi connectivity index (χ4n) is 1.40. The number of hydrogen-bond donors (Lipinski definition) is 2. The number of rotatable bonds is 2. The van der Waals surface area contributed by atoms with E-state index in [1.165, 1.54) is 6.20 Å². The largest absolute Gasteiger partial charge is 0.317 e. The topological polar surface area (TPSA) is 54.0 Å². The first-order valence-electron chi connectivity index (χ1n) is 5.54. The summed E-state index contributed by atoms with van der Waals surface area (Å²) in [5, 5.41) is 6.08. The van der Waals surface area contributed by atoms with E-state index in [1.807, 2.05) is 6.07 Å². The van der Waals surface area contributed by atoms with E-state index >= 15 is 0 Å². The molecular formula is C13H9BrClN3OS. The van der Waals surface area contributed by atoms with Gasteiger partial charge in [0.25, 0.3) is 5.91 Å². The molecule has 1 aromatic heterocycles. The van der Waals surface area contributed by atoms with Crippen molar-refractivity contribution >= 4 is 56.6 Å². The molecule has 2 N–H and O–H groups in total. The zero-order chi connectivity index (χ0) is 14.5. The summed E-state index contributed by atoms with van der Waals surface area (Å²) >= 11 is 14.1. The van der Waals surface area contributed by atoms with Crippen molar-refractivity contribution in [1.82, 2.24) is 10.3 Å². The molecule has 0 atom stereocenters. The van der Waals surface area contributed by atoms with Gasteiger partial charge in [0.1, 0.15) is 5.82 Å². The summed E-state index contributed by atoms with van der Waals surface area (Å²) in [6, 6.07) is 10.4. The van der Waals surface area contributed by atoms with Crippen LogP contribution in [0.5, 0.6) is 0 Å². The van der Waals surface area contributed by atoms with Crippen LogP contribution in [0.1, 0.15) is 10.4 Å². The number of carbonyl (C=O) groups excluding carboxylic acids is 1. The van der Waals surface area contributed by atoms with Crippen molar-refractivity contribution in [3.05, 3.63) is 57.7 Å². The molecule has 20 heavy (non-hydrogen) atoms. The van der Waals surface area contributed by atoms with Gasteiger partial charge in [-0.1, -0.05) is 33.6 Å². The van der Waals surface area contributed by atoms with Gasteiger partial charge in [-0.05, 0) is 42.5 Å². The summed E-state index contributed by atoms with van der Waals surface area (Å²) < 4.78 is 0.823. The van der Waals surface area contributed by atoms with Crippen LogP contribution in [0.15, 0.2) is 47.1 Å². The summed E-state index contributed by atoms with van der Waals surface area (Å²) in [6.07, 6.45) is 1.49. The average molecular weight is 371 g/mol. The van der Waals surface area contributed by atoms with Crippen molar-refractivity contribution in [2.45, 2.75) is 0 Å². The zero-order valence-electron chi connectivity index (χ0n) is 10.1. The molecule has 1 heterocycles. The number of nitrogens with one attached hydrogen (secondary N) is 2. The summed E-state index contributed by atoms with van der Waals surface area (Å²) in [5.74, 6) is 0.215. The van der Waals surface area contributed by atoms with Gasteiger partial charge in [-0.15, -0.1) is 0 Å². The third-order valence-electron chi connectivity index (χ3n) is 2.28. The van der Waals surface area contributed by atoms with Gasteiger partial charge in [-0.2, -0.15) is 0 Å². The minimum Gasteiger partial charge on any atom is -0.317 e. The first-order valence-corrected chi connectivity index (χ1v) is 7.12. The second kappa shape index (κ2) is 6.78. The van der Waals surface area contributed by atoms with E-state index in [2.05, 4.69) is 31.5 Å². The molecule has 7 heteroatoms. The smallest absolute Gasteiger partial charge is 0.257 e. The van der Waals surface area contributed by atoms with Crippen LogP contribution in [-0.4, -0.2) is 16.0 Å². The molecule has 0 spiro atoms. The van der Waals surface area contributed by atoms with Crippen LogP contribution in [-0.2, 0) is 0 Å². The SMILES string of the molecule is O=C(NC(=S)Nc1ccc(Cl)cn1)c1cccc(Br)c1. The lowest BCUT2D eigenvalue weighted by Crippen LogP contribution is -2.34. The number of aromatic nitrogens is 1. The van der Waals surface area contributed by atoms with Crippen LogP contribution in [0, 0.1) is 0 Å². The van der Waals surface area contributed by atoms with Crippen LogP contribution in [0.25, 0.3) is 0 Å². The molecule has 0 aliphatic heterocycles. The minimum absolute atomic E-state index is 0.171. The Hall–Kier alpha value is -1.50. The second-order valence-electron chi connectivity index (χ2n) is 3.78. The van der Waals surface area contributed by atoms with Crippen LogP contribution < -0.4 is 10.6 Å². The quantitative estimate of drug-likeness (QED) is 0.793. The van der Waals surface area contributed by atoms with Crippen LogP contribution in [0.4, 0.5) is 5.82 Å². The monoisotopic (exact) mass is 369 g/mol. The summed E-state index contributed by atoms with van der Waals surface area (Å²) in [4.78, 5) is 16.0. The van der Waals surface area contributed by atoms with Crippen molar-refractivity contribution in [1.29, 1.82) is 0 Å². The number of nitrogens with zero attached hydrogens (tertiary/aromatic N) is 1. The van der Waals surface area contributed by atoms with Gasteiger partial charge in [0.05, 0.1) is 5.02 Å². The molecule has 0 unspecified atom stereocenters. The van der Waals surface area contributed by atoms with Gasteiger partial charge in [0.2, 0.25) is 0 Å². The van der Waals surface area contributed by atoms with Crippen molar-refractivity contribution in [3.8, 4) is 0 Å². The molecule has 102 valence electrons. The predicted octanol–water partition coefficient (Wildman–Crippen LogP) is 3.62. The second-order valence-corrected chi connectivity index (χ2v) is 5.54. The van der Waals surface area contributed by atoms with Crippen molar-refractivity contribution < 1.29 is 4.79 Å². The molecule has 4 nitrogen and oxygen atoms in total. The molecule has 0 fully saturated rings. The molecule has 0 aliphatic carbocycles. The summed E-state index contributed by atoms with van der Waals surface area (Å²) in [7, 11) is 0. The van der Waals surface area contributed by atoms with E-state index in [9.17, 15) is 4.79 Å². The number of carbonyl (C=O) groups is 1. The van der Waals surface area contributed by atoms with Gasteiger partial charge in [0, 0.05) is 16.2 Å². The molecule has 0 radical (unpaired) electrons. The van der Waals surface area contributed by atoms with E-state index in [4.69, 9.17) is 23.8 Å². The lowest BCUT2D eigenvalue weighted by molar-refractivity contribution is 0.0977. The summed E-state index contributed by atoms with van der Waals surface area (Å²) in [6.45, 7) is 0. The Morgan fingerprint density at radius 1 is 1.30 bits per heavy atom. The molecule has 2 aromatic rings. The fraction of sp³-hybridized carbons (Fsp3) is 0. The molecule has 1 aromatic carbocycles. The highest BCUT2D eigenvalue weighted by atomic mass is 79.9. The highest BCUT2D eigenvalue weighted by molar-refractivity contribution is 9.10. The number of thiocarbonyl (C=S) groups is 1. The highest BCUT2D eigenvalue weighted by Crippen LogP contribution is 2.12. The fourth-order valence-corrected chi connectivity index (χ4v) is 2.11. The Kier molecular flexibility index (Phi) is 5.05. The number of amides is 1. The Morgan fingerprint density at radius 3 is 2.75 bits per heavy atom. The highest BCUT2D eigenvalue weighted by Gasteiger charge is 2.08. The standard InChI is InChI=1S/C13H9BrClN3OS/c14-9-3-1-2-8(6-9)12(19)18-13(20)17-11-5-4-10(15)7-16-11/h1-7H,(H2,16,17,18,19,20). The first kappa shape index (κ1) is 14.9. The van der Waals surface area contributed by atoms with Crippen LogP contribution in [0.2, 0.25) is 5.02 Å². The van der Waals surface area contributed by atoms with Gasteiger partial charge in [-0.3, -0.25) is 10.1 Å². The number of hydrogen-bond acceptors (Lipinski definition) is 3. The molecule has 0 saturated carbocycles. The van der Waals surface area contributed by atoms with Gasteiger partial charge >= 0.3 is 0 Å². The maximum Gasteiger partial charge on any atom is 0.257 e. The maximum absolute atomic E-state index is 12.0. The number of pyridine rings is 1. The van der Waals surface area contributed by atoms with Gasteiger partial charge in [-0.25, -0.2) is 4.98 Å². The Balaban J connectivity index is 1.97. The first-order chi connectivity index (χ1) is 9.54. The number of anilines is 1. The molecule has 1 amide bonds. The van der Waals surface area contributed by atoms with Gasteiger partial charge in [0.15, 0.2) is 5.11 Å². The molecule has 0 saturated heterocycles. The molecule has 2 rings (SSSR count). The Morgan fingerprint density at radius 2 is 2.10 bits per heavy atom. The number of halogens is 2. The van der Waals surface area contributed by atoms with E-state index in [1.54, 1.807) is 30.3 Å². The number of benzene rings is 1. The van der Waals surface area contributed by atoms with Crippen LogP contribution >= 0.6 is 39.7 Å². The molecular weight excluding hydrogens is 362 g/mol. The predicted molar refractivity (Wildman–Crippen MR) is 87.1 cm³/mol. The Labute approximate surface area is 134 Å². The van der Waals surface area contributed by atoms with E-state index in [-0.39, 0.29) is 11.0 Å². The van der Waals surface area contributed by atoms with E-state index in [0.29, 0.717) is 16.4 Å². The van der Waals surface area contributed by atoms with Gasteiger partial charge < -0.3 is 5.32 Å².